The number of carbonyl (C=O) groups is 2. The first-order valence-electron chi connectivity index (χ1n) is 8.79. The van der Waals surface area contributed by atoms with Gasteiger partial charge >= 0.3 is 0 Å². The molecule has 3 rings (SSSR count). The molecule has 0 atom stereocenters. The van der Waals surface area contributed by atoms with E-state index >= 15 is 0 Å². The van der Waals surface area contributed by atoms with E-state index in [0.717, 1.165) is 11.4 Å². The van der Waals surface area contributed by atoms with Crippen LogP contribution >= 0.6 is 0 Å². The highest BCUT2D eigenvalue weighted by Gasteiger charge is 2.19. The molecule has 7 heteroatoms. The fraction of sp³-hybridized carbons (Fsp3) is 0.286. The van der Waals surface area contributed by atoms with Crippen molar-refractivity contribution in [3.05, 3.63) is 58.6 Å². The summed E-state index contributed by atoms with van der Waals surface area (Å²) in [6, 6.07) is 8.49. The van der Waals surface area contributed by atoms with Crippen molar-refractivity contribution in [3.63, 3.8) is 0 Å². The van der Waals surface area contributed by atoms with Crippen molar-refractivity contribution < 1.29 is 23.6 Å². The van der Waals surface area contributed by atoms with Crippen LogP contribution in [0.4, 0.5) is 0 Å². The molecule has 0 fully saturated rings. The van der Waals surface area contributed by atoms with Gasteiger partial charge in [0.15, 0.2) is 29.7 Å². The van der Waals surface area contributed by atoms with E-state index in [0.29, 0.717) is 34.2 Å². The Balaban J connectivity index is 1.80. The number of aryl methyl sites for hydroxylation is 2. The lowest BCUT2D eigenvalue weighted by Crippen LogP contribution is -2.13. The molecule has 0 spiro atoms. The molecule has 2 aromatic heterocycles. The zero-order valence-electron chi connectivity index (χ0n) is 16.5. The van der Waals surface area contributed by atoms with Gasteiger partial charge in [-0.2, -0.15) is 0 Å². The molecule has 0 aliphatic carbocycles. The van der Waals surface area contributed by atoms with Gasteiger partial charge in [-0.05, 0) is 52.0 Å². The van der Waals surface area contributed by atoms with Gasteiger partial charge in [0.05, 0.1) is 7.11 Å². The fourth-order valence-corrected chi connectivity index (χ4v) is 3.08. The SMILES string of the molecule is COc1cc(C(C)=O)ccc1OCC(=O)c1cc(C)n(-c2cc(C)on2)c1C. The number of rotatable bonds is 7. The third kappa shape index (κ3) is 3.69. The topological polar surface area (TPSA) is 83.6 Å². The predicted molar refractivity (Wildman–Crippen MR) is 103 cm³/mol. The molecular weight excluding hydrogens is 360 g/mol. The molecule has 146 valence electrons. The largest absolute Gasteiger partial charge is 0.493 e. The molecule has 3 aromatic rings. The lowest BCUT2D eigenvalue weighted by Gasteiger charge is -2.11. The predicted octanol–water partition coefficient (Wildman–Crippen LogP) is 3.86. The molecule has 2 heterocycles. The number of nitrogens with zero attached hydrogens (tertiary/aromatic N) is 2. The summed E-state index contributed by atoms with van der Waals surface area (Å²) in [5.74, 6) is 1.90. The van der Waals surface area contributed by atoms with E-state index in [-0.39, 0.29) is 18.2 Å². The highest BCUT2D eigenvalue weighted by molar-refractivity contribution is 5.99. The Morgan fingerprint density at radius 3 is 2.46 bits per heavy atom. The van der Waals surface area contributed by atoms with Crippen LogP contribution in [-0.4, -0.2) is 35.0 Å². The van der Waals surface area contributed by atoms with Gasteiger partial charge in [0.1, 0.15) is 5.76 Å². The fourth-order valence-electron chi connectivity index (χ4n) is 3.08. The quantitative estimate of drug-likeness (QED) is 0.577. The number of ether oxygens (including phenoxy) is 2. The van der Waals surface area contributed by atoms with Gasteiger partial charge in [-0.1, -0.05) is 5.16 Å². The maximum absolute atomic E-state index is 12.7. The molecule has 0 aliphatic heterocycles. The van der Waals surface area contributed by atoms with Crippen LogP contribution in [0.2, 0.25) is 0 Å². The van der Waals surface area contributed by atoms with Crippen molar-refractivity contribution in [1.29, 1.82) is 0 Å². The summed E-state index contributed by atoms with van der Waals surface area (Å²) in [4.78, 5) is 24.2. The summed E-state index contributed by atoms with van der Waals surface area (Å²) in [6.45, 7) is 6.89. The second-order valence-electron chi connectivity index (χ2n) is 6.55. The first-order valence-corrected chi connectivity index (χ1v) is 8.79. The van der Waals surface area contributed by atoms with Gasteiger partial charge in [-0.3, -0.25) is 14.2 Å². The van der Waals surface area contributed by atoms with Gasteiger partial charge in [0, 0.05) is 28.6 Å². The Hall–Kier alpha value is -3.35. The molecule has 0 saturated heterocycles. The van der Waals surface area contributed by atoms with E-state index in [4.69, 9.17) is 14.0 Å². The van der Waals surface area contributed by atoms with Gasteiger partial charge in [-0.15, -0.1) is 0 Å². The standard InChI is InChI=1S/C21H22N2O5/c1-12-8-17(14(3)23(12)21-9-13(2)28-22-21)18(25)11-27-19-7-6-16(15(4)24)10-20(19)26-5/h6-10H,11H2,1-5H3. The van der Waals surface area contributed by atoms with Crippen LogP contribution < -0.4 is 9.47 Å². The number of ketones is 2. The first-order chi connectivity index (χ1) is 13.3. The van der Waals surface area contributed by atoms with Crippen LogP contribution in [0.5, 0.6) is 11.5 Å². The van der Waals surface area contributed by atoms with Crippen LogP contribution in [0, 0.1) is 20.8 Å². The minimum Gasteiger partial charge on any atom is -0.493 e. The molecule has 0 radical (unpaired) electrons. The van der Waals surface area contributed by atoms with Gasteiger partial charge < -0.3 is 14.0 Å². The van der Waals surface area contributed by atoms with E-state index in [1.54, 1.807) is 24.3 Å². The zero-order chi connectivity index (χ0) is 20.4. The lowest BCUT2D eigenvalue weighted by molar-refractivity contribution is 0.0917. The summed E-state index contributed by atoms with van der Waals surface area (Å²) in [5, 5.41) is 4.02. The van der Waals surface area contributed by atoms with Crippen LogP contribution in [0.25, 0.3) is 5.82 Å². The van der Waals surface area contributed by atoms with E-state index in [2.05, 4.69) is 5.16 Å². The van der Waals surface area contributed by atoms with Crippen molar-refractivity contribution >= 4 is 11.6 Å². The van der Waals surface area contributed by atoms with Gasteiger partial charge in [-0.25, -0.2) is 0 Å². The minimum absolute atomic E-state index is 0.0727. The third-order valence-electron chi connectivity index (χ3n) is 4.51. The van der Waals surface area contributed by atoms with Crippen LogP contribution in [-0.2, 0) is 0 Å². The molecular formula is C21H22N2O5. The Morgan fingerprint density at radius 2 is 1.86 bits per heavy atom. The molecule has 0 amide bonds. The minimum atomic E-state index is -0.169. The average molecular weight is 382 g/mol. The van der Waals surface area contributed by atoms with Crippen LogP contribution in [0.3, 0.4) is 0 Å². The van der Waals surface area contributed by atoms with Gasteiger partial charge in [0.25, 0.3) is 0 Å². The Morgan fingerprint density at radius 1 is 1.11 bits per heavy atom. The van der Waals surface area contributed by atoms with Crippen molar-refractivity contribution in [1.82, 2.24) is 9.72 Å². The number of Topliss-reactive ketones (excluding diaryl/α,β-unsaturated/α-hetero) is 2. The van der Waals surface area contributed by atoms with Crippen molar-refractivity contribution in [2.45, 2.75) is 27.7 Å². The number of aromatic nitrogens is 2. The summed E-state index contributed by atoms with van der Waals surface area (Å²) < 4.78 is 17.9. The smallest absolute Gasteiger partial charge is 0.202 e. The number of carbonyl (C=O) groups excluding carboxylic acids is 2. The molecule has 28 heavy (non-hydrogen) atoms. The molecule has 0 aliphatic rings. The average Bonchev–Trinajstić information content (AvgIpc) is 3.21. The van der Waals surface area contributed by atoms with Gasteiger partial charge in [0.2, 0.25) is 5.78 Å². The number of methoxy groups -OCH3 is 1. The van der Waals surface area contributed by atoms with Crippen molar-refractivity contribution in [2.24, 2.45) is 0 Å². The van der Waals surface area contributed by atoms with E-state index in [9.17, 15) is 9.59 Å². The lowest BCUT2D eigenvalue weighted by atomic mass is 10.1. The third-order valence-corrected chi connectivity index (χ3v) is 4.51. The summed E-state index contributed by atoms with van der Waals surface area (Å²) >= 11 is 0. The zero-order valence-corrected chi connectivity index (χ0v) is 16.5. The molecule has 0 unspecified atom stereocenters. The molecule has 1 aromatic carbocycles. The molecule has 0 N–H and O–H groups in total. The molecule has 7 nitrogen and oxygen atoms in total. The summed E-state index contributed by atoms with van der Waals surface area (Å²) in [6.07, 6.45) is 0. The van der Waals surface area contributed by atoms with Crippen LogP contribution in [0.1, 0.15) is 44.8 Å². The van der Waals surface area contributed by atoms with Crippen LogP contribution in [0.15, 0.2) is 34.9 Å². The number of hydrogen-bond donors (Lipinski definition) is 0. The van der Waals surface area contributed by atoms with E-state index < -0.39 is 0 Å². The first kappa shape index (κ1) is 19.4. The number of benzene rings is 1. The van der Waals surface area contributed by atoms with Crippen molar-refractivity contribution in [2.75, 3.05) is 13.7 Å². The maximum atomic E-state index is 12.7. The second kappa shape index (κ2) is 7.72. The summed E-state index contributed by atoms with van der Waals surface area (Å²) in [5.41, 5.74) is 2.70. The molecule has 0 bridgehead atoms. The van der Waals surface area contributed by atoms with Crippen molar-refractivity contribution in [3.8, 4) is 17.3 Å². The summed E-state index contributed by atoms with van der Waals surface area (Å²) in [7, 11) is 1.49. The monoisotopic (exact) mass is 382 g/mol. The highest BCUT2D eigenvalue weighted by Crippen LogP contribution is 2.29. The number of hydrogen-bond acceptors (Lipinski definition) is 6. The normalized spacial score (nSPS) is 10.8. The maximum Gasteiger partial charge on any atom is 0.202 e. The highest BCUT2D eigenvalue weighted by atomic mass is 16.5. The Labute approximate surface area is 162 Å². The second-order valence-corrected chi connectivity index (χ2v) is 6.55. The van der Waals surface area contributed by atoms with E-state index in [1.165, 1.54) is 14.0 Å². The molecule has 0 saturated carbocycles. The van der Waals surface area contributed by atoms with E-state index in [1.807, 2.05) is 31.4 Å². The Kier molecular flexibility index (Phi) is 5.35. The Bertz CT molecular complexity index is 1050.